The molecule has 20 heavy (non-hydrogen) atoms. The second-order valence-electron chi connectivity index (χ2n) is 4.29. The van der Waals surface area contributed by atoms with Crippen molar-refractivity contribution in [1.29, 1.82) is 0 Å². The van der Waals surface area contributed by atoms with E-state index in [9.17, 15) is 4.79 Å². The summed E-state index contributed by atoms with van der Waals surface area (Å²) < 4.78 is 10.8. The number of anilines is 2. The number of aromatic nitrogens is 1. The number of rotatable bonds is 2. The molecule has 3 N–H and O–H groups in total. The standard InChI is InChI=1S/C14H13N3O3/c15-10-2-4-13(16-8-10)17-14(18)9-1-3-11-12(7-9)20-6-5-19-11/h1-4,7-8H,5-6,15H2,(H,16,17,18). The third-order valence-corrected chi connectivity index (χ3v) is 2.83. The fraction of sp³-hybridized carbons (Fsp3) is 0.143. The number of fused-ring (bicyclic) bond motifs is 1. The van der Waals surface area contributed by atoms with Crippen molar-refractivity contribution in [2.75, 3.05) is 24.3 Å². The molecule has 0 unspecified atom stereocenters. The van der Waals surface area contributed by atoms with Crippen LogP contribution in [-0.4, -0.2) is 24.1 Å². The summed E-state index contributed by atoms with van der Waals surface area (Å²) in [4.78, 5) is 16.1. The zero-order chi connectivity index (χ0) is 13.9. The van der Waals surface area contributed by atoms with Gasteiger partial charge in [0.25, 0.3) is 5.91 Å². The van der Waals surface area contributed by atoms with E-state index in [2.05, 4.69) is 10.3 Å². The molecule has 0 bridgehead atoms. The lowest BCUT2D eigenvalue weighted by Crippen LogP contribution is -2.17. The molecular formula is C14H13N3O3. The Morgan fingerprint density at radius 2 is 1.95 bits per heavy atom. The van der Waals surface area contributed by atoms with Crippen molar-refractivity contribution in [3.8, 4) is 11.5 Å². The lowest BCUT2D eigenvalue weighted by Gasteiger charge is -2.18. The summed E-state index contributed by atoms with van der Waals surface area (Å²) in [6, 6.07) is 8.37. The van der Waals surface area contributed by atoms with E-state index < -0.39 is 0 Å². The Bertz CT molecular complexity index is 641. The summed E-state index contributed by atoms with van der Waals surface area (Å²) in [7, 11) is 0. The largest absolute Gasteiger partial charge is 0.486 e. The first-order chi connectivity index (χ1) is 9.72. The van der Waals surface area contributed by atoms with Gasteiger partial charge in [-0.05, 0) is 30.3 Å². The van der Waals surface area contributed by atoms with Crippen molar-refractivity contribution in [2.45, 2.75) is 0 Å². The second kappa shape index (κ2) is 5.08. The van der Waals surface area contributed by atoms with Crippen LogP contribution in [0.15, 0.2) is 36.5 Å². The molecule has 0 aliphatic carbocycles. The van der Waals surface area contributed by atoms with E-state index in [1.165, 1.54) is 6.20 Å². The van der Waals surface area contributed by atoms with Gasteiger partial charge in [0.15, 0.2) is 11.5 Å². The van der Waals surface area contributed by atoms with Crippen molar-refractivity contribution >= 4 is 17.4 Å². The number of pyridine rings is 1. The minimum absolute atomic E-state index is 0.265. The Labute approximate surface area is 115 Å². The van der Waals surface area contributed by atoms with Crippen LogP contribution in [0.5, 0.6) is 11.5 Å². The minimum atomic E-state index is -0.265. The molecule has 0 radical (unpaired) electrons. The van der Waals surface area contributed by atoms with Crippen LogP contribution in [0, 0.1) is 0 Å². The molecule has 0 saturated heterocycles. The quantitative estimate of drug-likeness (QED) is 0.868. The Balaban J connectivity index is 1.78. The van der Waals surface area contributed by atoms with Crippen molar-refractivity contribution in [3.05, 3.63) is 42.1 Å². The number of hydrogen-bond acceptors (Lipinski definition) is 5. The van der Waals surface area contributed by atoms with Crippen LogP contribution >= 0.6 is 0 Å². The van der Waals surface area contributed by atoms with E-state index in [1.54, 1.807) is 30.3 Å². The molecule has 0 fully saturated rings. The van der Waals surface area contributed by atoms with Gasteiger partial charge in [0.2, 0.25) is 0 Å². The van der Waals surface area contributed by atoms with Crippen molar-refractivity contribution in [3.63, 3.8) is 0 Å². The number of nitrogens with one attached hydrogen (secondary N) is 1. The third kappa shape index (κ3) is 2.49. The second-order valence-corrected chi connectivity index (χ2v) is 4.29. The average molecular weight is 271 g/mol. The molecule has 0 spiro atoms. The van der Waals surface area contributed by atoms with Gasteiger partial charge in [-0.25, -0.2) is 4.98 Å². The highest BCUT2D eigenvalue weighted by Crippen LogP contribution is 2.30. The van der Waals surface area contributed by atoms with E-state index in [0.29, 0.717) is 41.8 Å². The number of nitrogen functional groups attached to an aromatic ring is 1. The summed E-state index contributed by atoms with van der Waals surface area (Å²) in [5.41, 5.74) is 6.56. The van der Waals surface area contributed by atoms with Gasteiger partial charge >= 0.3 is 0 Å². The van der Waals surface area contributed by atoms with Crippen LogP contribution in [0.2, 0.25) is 0 Å². The molecule has 6 heteroatoms. The minimum Gasteiger partial charge on any atom is -0.486 e. The third-order valence-electron chi connectivity index (χ3n) is 2.83. The van der Waals surface area contributed by atoms with Crippen LogP contribution in [0.4, 0.5) is 11.5 Å². The lowest BCUT2D eigenvalue weighted by molar-refractivity contribution is 0.102. The van der Waals surface area contributed by atoms with Gasteiger partial charge in [-0.2, -0.15) is 0 Å². The van der Waals surface area contributed by atoms with Gasteiger partial charge in [0, 0.05) is 5.56 Å². The van der Waals surface area contributed by atoms with Crippen molar-refractivity contribution in [1.82, 2.24) is 4.98 Å². The summed E-state index contributed by atoms with van der Waals surface area (Å²) in [6.07, 6.45) is 1.49. The Morgan fingerprint density at radius 1 is 1.15 bits per heavy atom. The first-order valence-electron chi connectivity index (χ1n) is 6.15. The summed E-state index contributed by atoms with van der Waals surface area (Å²) >= 11 is 0. The van der Waals surface area contributed by atoms with Gasteiger partial charge < -0.3 is 20.5 Å². The number of amides is 1. The molecule has 2 heterocycles. The number of nitrogens with two attached hydrogens (primary N) is 1. The van der Waals surface area contributed by atoms with E-state index in [4.69, 9.17) is 15.2 Å². The smallest absolute Gasteiger partial charge is 0.256 e. The highest BCUT2D eigenvalue weighted by Gasteiger charge is 2.15. The van der Waals surface area contributed by atoms with Gasteiger partial charge in [-0.15, -0.1) is 0 Å². The predicted molar refractivity (Wildman–Crippen MR) is 74.0 cm³/mol. The SMILES string of the molecule is Nc1ccc(NC(=O)c2ccc3c(c2)OCCO3)nc1. The lowest BCUT2D eigenvalue weighted by atomic mass is 10.2. The first kappa shape index (κ1) is 12.3. The molecule has 2 aromatic rings. The molecule has 0 saturated carbocycles. The summed E-state index contributed by atoms with van der Waals surface area (Å²) in [5.74, 6) is 1.41. The number of nitrogens with zero attached hydrogens (tertiary/aromatic N) is 1. The molecule has 0 atom stereocenters. The van der Waals surface area contributed by atoms with Gasteiger partial charge in [-0.3, -0.25) is 4.79 Å². The topological polar surface area (TPSA) is 86.5 Å². The van der Waals surface area contributed by atoms with Crippen molar-refractivity contribution in [2.24, 2.45) is 0 Å². The Morgan fingerprint density at radius 3 is 2.70 bits per heavy atom. The molecular weight excluding hydrogens is 258 g/mol. The molecule has 1 aromatic carbocycles. The van der Waals surface area contributed by atoms with E-state index >= 15 is 0 Å². The molecule has 6 nitrogen and oxygen atoms in total. The number of hydrogen-bond donors (Lipinski definition) is 2. The highest BCUT2D eigenvalue weighted by atomic mass is 16.6. The fourth-order valence-electron chi connectivity index (χ4n) is 1.85. The maximum atomic E-state index is 12.1. The van der Waals surface area contributed by atoms with Gasteiger partial charge in [0.1, 0.15) is 19.0 Å². The molecule has 102 valence electrons. The number of ether oxygens (including phenoxy) is 2. The highest BCUT2D eigenvalue weighted by molar-refractivity contribution is 6.04. The van der Waals surface area contributed by atoms with Crippen LogP contribution in [0.3, 0.4) is 0 Å². The van der Waals surface area contributed by atoms with Crippen LogP contribution in [0.1, 0.15) is 10.4 Å². The molecule has 1 aromatic heterocycles. The van der Waals surface area contributed by atoms with Crippen molar-refractivity contribution < 1.29 is 14.3 Å². The van der Waals surface area contributed by atoms with Crippen LogP contribution in [-0.2, 0) is 0 Å². The predicted octanol–water partition coefficient (Wildman–Crippen LogP) is 1.69. The first-order valence-corrected chi connectivity index (χ1v) is 6.15. The van der Waals surface area contributed by atoms with E-state index in [1.807, 2.05) is 0 Å². The maximum Gasteiger partial charge on any atom is 0.256 e. The number of carbonyl (C=O) groups is 1. The van der Waals surface area contributed by atoms with Crippen LogP contribution < -0.4 is 20.5 Å². The Hall–Kier alpha value is -2.76. The fourth-order valence-corrected chi connectivity index (χ4v) is 1.85. The summed E-state index contributed by atoms with van der Waals surface area (Å²) in [5, 5.41) is 2.69. The average Bonchev–Trinajstić information content (AvgIpc) is 2.49. The van der Waals surface area contributed by atoms with E-state index in [-0.39, 0.29) is 5.91 Å². The normalized spacial score (nSPS) is 12.8. The molecule has 1 aliphatic rings. The molecule has 1 amide bonds. The van der Waals surface area contributed by atoms with Gasteiger partial charge in [0.05, 0.1) is 11.9 Å². The molecule has 1 aliphatic heterocycles. The summed E-state index contributed by atoms with van der Waals surface area (Å²) in [6.45, 7) is 1.01. The monoisotopic (exact) mass is 271 g/mol. The molecule has 3 rings (SSSR count). The number of carbonyl (C=O) groups excluding carboxylic acids is 1. The van der Waals surface area contributed by atoms with E-state index in [0.717, 1.165) is 0 Å². The zero-order valence-electron chi connectivity index (χ0n) is 10.6. The number of benzene rings is 1. The van der Waals surface area contributed by atoms with Crippen LogP contribution in [0.25, 0.3) is 0 Å². The van der Waals surface area contributed by atoms with Gasteiger partial charge in [-0.1, -0.05) is 0 Å². The maximum absolute atomic E-state index is 12.1. The zero-order valence-corrected chi connectivity index (χ0v) is 10.6. The Kier molecular flexibility index (Phi) is 3.12.